The predicted octanol–water partition coefficient (Wildman–Crippen LogP) is 3.22. The maximum absolute atomic E-state index is 11.6. The first-order valence-corrected chi connectivity index (χ1v) is 7.02. The minimum atomic E-state index is -0.540. The van der Waals surface area contributed by atoms with Crippen molar-refractivity contribution in [1.82, 2.24) is 4.90 Å². The fourth-order valence-electron chi connectivity index (χ4n) is 1.35. The Labute approximate surface area is 130 Å². The molecule has 22 heavy (non-hydrogen) atoms. The van der Waals surface area contributed by atoms with Crippen LogP contribution in [0.1, 0.15) is 25.5 Å². The van der Waals surface area contributed by atoms with Crippen molar-refractivity contribution in [2.45, 2.75) is 19.8 Å². The first-order chi connectivity index (χ1) is 10.5. The van der Waals surface area contributed by atoms with Crippen LogP contribution in [-0.4, -0.2) is 37.7 Å². The van der Waals surface area contributed by atoms with Crippen molar-refractivity contribution in [2.24, 2.45) is 0 Å². The molecule has 0 spiro atoms. The molecule has 0 N–H and O–H groups in total. The van der Waals surface area contributed by atoms with Gasteiger partial charge >= 0.3 is 12.1 Å². The van der Waals surface area contributed by atoms with E-state index in [4.69, 9.17) is 13.9 Å². The maximum atomic E-state index is 11.6. The van der Waals surface area contributed by atoms with E-state index in [0.717, 1.165) is 12.8 Å². The molecule has 1 heterocycles. The number of unbranched alkanes of at least 4 members (excludes halogenated alkanes) is 1. The number of nitrogens with zero attached hydrogens (tertiary/aromatic N) is 1. The topological polar surface area (TPSA) is 69.0 Å². The Morgan fingerprint density at radius 2 is 2.14 bits per heavy atom. The van der Waals surface area contributed by atoms with Crippen LogP contribution in [0.5, 0.6) is 0 Å². The number of esters is 1. The summed E-state index contributed by atoms with van der Waals surface area (Å²) in [6, 6.07) is 3.33. The van der Waals surface area contributed by atoms with Gasteiger partial charge in [0.05, 0.1) is 12.9 Å². The molecule has 0 aliphatic heterocycles. The number of carbonyl (C=O) groups excluding carboxylic acids is 2. The SMILES string of the molecule is CCCCOC(=O)/C=C/C=C(/OC(=O)N(C)C)c1ccco1. The fourth-order valence-corrected chi connectivity index (χ4v) is 1.35. The number of carbonyl (C=O) groups is 2. The second-order valence-corrected chi connectivity index (χ2v) is 4.65. The number of ether oxygens (including phenoxy) is 2. The standard InChI is InChI=1S/C16H21NO5/c1-4-5-11-21-15(18)10-6-8-14(13-9-7-12-20-13)22-16(19)17(2)3/h6-10,12H,4-5,11H2,1-3H3/b10-6+,14-8+. The van der Waals surface area contributed by atoms with Gasteiger partial charge in [0.25, 0.3) is 0 Å². The number of allylic oxidation sites excluding steroid dienone is 2. The third-order valence-corrected chi connectivity index (χ3v) is 2.55. The van der Waals surface area contributed by atoms with E-state index in [0.29, 0.717) is 12.4 Å². The van der Waals surface area contributed by atoms with E-state index in [1.807, 2.05) is 6.92 Å². The number of hydrogen-bond acceptors (Lipinski definition) is 5. The molecule has 0 bridgehead atoms. The monoisotopic (exact) mass is 307 g/mol. The van der Waals surface area contributed by atoms with Gasteiger partial charge in [-0.1, -0.05) is 19.4 Å². The second kappa shape index (κ2) is 9.44. The summed E-state index contributed by atoms with van der Waals surface area (Å²) in [5.74, 6) is 0.155. The van der Waals surface area contributed by atoms with Gasteiger partial charge < -0.3 is 18.8 Å². The van der Waals surface area contributed by atoms with Crippen LogP contribution >= 0.6 is 0 Å². The summed E-state index contributed by atoms with van der Waals surface area (Å²) in [6.07, 6.45) is 6.91. The molecular weight excluding hydrogens is 286 g/mol. The van der Waals surface area contributed by atoms with Crippen LogP contribution in [0.2, 0.25) is 0 Å². The molecular formula is C16H21NO5. The lowest BCUT2D eigenvalue weighted by Crippen LogP contribution is -2.22. The first-order valence-electron chi connectivity index (χ1n) is 7.02. The van der Waals surface area contributed by atoms with Gasteiger partial charge in [-0.25, -0.2) is 9.59 Å². The third-order valence-electron chi connectivity index (χ3n) is 2.55. The van der Waals surface area contributed by atoms with Gasteiger partial charge in [0.2, 0.25) is 0 Å². The highest BCUT2D eigenvalue weighted by Gasteiger charge is 2.12. The number of rotatable bonds is 7. The van der Waals surface area contributed by atoms with Crippen molar-refractivity contribution in [3.8, 4) is 0 Å². The highest BCUT2D eigenvalue weighted by molar-refractivity contribution is 5.83. The molecule has 6 heteroatoms. The summed E-state index contributed by atoms with van der Waals surface area (Å²) in [4.78, 5) is 24.4. The lowest BCUT2D eigenvalue weighted by Gasteiger charge is -2.11. The molecule has 1 rings (SSSR count). The smallest absolute Gasteiger partial charge is 0.414 e. The van der Waals surface area contributed by atoms with E-state index in [9.17, 15) is 9.59 Å². The van der Waals surface area contributed by atoms with Gasteiger partial charge in [-0.05, 0) is 24.6 Å². The van der Waals surface area contributed by atoms with Crippen molar-refractivity contribution < 1.29 is 23.5 Å². The van der Waals surface area contributed by atoms with E-state index < -0.39 is 12.1 Å². The lowest BCUT2D eigenvalue weighted by atomic mass is 10.3. The van der Waals surface area contributed by atoms with E-state index in [-0.39, 0.29) is 5.76 Å². The highest BCUT2D eigenvalue weighted by Crippen LogP contribution is 2.17. The van der Waals surface area contributed by atoms with Crippen molar-refractivity contribution in [3.05, 3.63) is 42.4 Å². The molecule has 120 valence electrons. The summed E-state index contributed by atoms with van der Waals surface area (Å²) in [5, 5.41) is 0. The van der Waals surface area contributed by atoms with Crippen LogP contribution < -0.4 is 0 Å². The summed E-state index contributed by atoms with van der Waals surface area (Å²) < 4.78 is 15.4. The molecule has 0 unspecified atom stereocenters. The molecule has 6 nitrogen and oxygen atoms in total. The zero-order valence-corrected chi connectivity index (χ0v) is 13.1. The van der Waals surface area contributed by atoms with E-state index in [2.05, 4.69) is 0 Å². The summed E-state index contributed by atoms with van der Waals surface area (Å²) in [7, 11) is 3.14. The average molecular weight is 307 g/mol. The Kier molecular flexibility index (Phi) is 7.53. The Morgan fingerprint density at radius 1 is 1.36 bits per heavy atom. The summed E-state index contributed by atoms with van der Waals surface area (Å²) in [5.41, 5.74) is 0. The van der Waals surface area contributed by atoms with Crippen molar-refractivity contribution in [3.63, 3.8) is 0 Å². The molecule has 0 fully saturated rings. The third kappa shape index (κ3) is 6.30. The number of furan rings is 1. The van der Waals surface area contributed by atoms with Crippen molar-refractivity contribution >= 4 is 17.8 Å². The zero-order chi connectivity index (χ0) is 16.4. The minimum Gasteiger partial charge on any atom is -0.463 e. The average Bonchev–Trinajstić information content (AvgIpc) is 3.00. The fraction of sp³-hybridized carbons (Fsp3) is 0.375. The van der Waals surface area contributed by atoms with E-state index in [1.54, 1.807) is 26.2 Å². The molecule has 1 aromatic rings. The molecule has 0 aromatic carbocycles. The van der Waals surface area contributed by atoms with E-state index in [1.165, 1.54) is 29.4 Å². The first kappa shape index (κ1) is 17.6. The molecule has 0 saturated carbocycles. The normalized spacial score (nSPS) is 11.5. The number of amides is 1. The Morgan fingerprint density at radius 3 is 2.73 bits per heavy atom. The molecule has 1 amide bonds. The molecule has 0 aliphatic carbocycles. The number of hydrogen-bond donors (Lipinski definition) is 0. The van der Waals surface area contributed by atoms with Gasteiger partial charge in [-0.15, -0.1) is 0 Å². The van der Waals surface area contributed by atoms with Crippen molar-refractivity contribution in [2.75, 3.05) is 20.7 Å². The highest BCUT2D eigenvalue weighted by atomic mass is 16.6. The molecule has 1 aromatic heterocycles. The Balaban J connectivity index is 2.70. The van der Waals surface area contributed by atoms with Gasteiger partial charge in [-0.3, -0.25) is 0 Å². The Hall–Kier alpha value is -2.50. The second-order valence-electron chi connectivity index (χ2n) is 4.65. The molecule has 0 atom stereocenters. The largest absolute Gasteiger partial charge is 0.463 e. The van der Waals surface area contributed by atoms with Crippen LogP contribution in [0.25, 0.3) is 5.76 Å². The van der Waals surface area contributed by atoms with Gasteiger partial charge in [0, 0.05) is 20.2 Å². The Bertz CT molecular complexity index is 529. The zero-order valence-electron chi connectivity index (χ0n) is 13.1. The van der Waals surface area contributed by atoms with Crippen LogP contribution in [0.15, 0.2) is 41.0 Å². The van der Waals surface area contributed by atoms with Crippen molar-refractivity contribution in [1.29, 1.82) is 0 Å². The molecule has 0 saturated heterocycles. The maximum Gasteiger partial charge on any atom is 0.414 e. The van der Waals surface area contributed by atoms with Crippen LogP contribution in [-0.2, 0) is 14.3 Å². The van der Waals surface area contributed by atoms with Crippen LogP contribution in [0.3, 0.4) is 0 Å². The predicted molar refractivity (Wildman–Crippen MR) is 81.9 cm³/mol. The summed E-state index contributed by atoms with van der Waals surface area (Å²) >= 11 is 0. The minimum absolute atomic E-state index is 0.210. The van der Waals surface area contributed by atoms with E-state index >= 15 is 0 Å². The molecule has 0 radical (unpaired) electrons. The molecule has 0 aliphatic rings. The van der Waals surface area contributed by atoms with Gasteiger partial charge in [0.1, 0.15) is 0 Å². The lowest BCUT2D eigenvalue weighted by molar-refractivity contribution is -0.137. The van der Waals surface area contributed by atoms with Crippen LogP contribution in [0, 0.1) is 0 Å². The quantitative estimate of drug-likeness (QED) is 0.254. The van der Waals surface area contributed by atoms with Crippen LogP contribution in [0.4, 0.5) is 4.79 Å². The summed E-state index contributed by atoms with van der Waals surface area (Å²) in [6.45, 7) is 2.41. The van der Waals surface area contributed by atoms with Gasteiger partial charge in [-0.2, -0.15) is 0 Å². The van der Waals surface area contributed by atoms with Gasteiger partial charge in [0.15, 0.2) is 11.5 Å².